The highest BCUT2D eigenvalue weighted by atomic mass is 32.1. The van der Waals surface area contributed by atoms with Gasteiger partial charge in [-0.15, -0.1) is 0 Å². The van der Waals surface area contributed by atoms with E-state index in [0.29, 0.717) is 5.92 Å². The molecule has 0 radical (unpaired) electrons. The average molecular weight is 378 g/mol. The van der Waals surface area contributed by atoms with Crippen molar-refractivity contribution >= 4 is 17.3 Å². The Labute approximate surface area is 165 Å². The molecule has 0 amide bonds. The predicted molar refractivity (Wildman–Crippen MR) is 111 cm³/mol. The summed E-state index contributed by atoms with van der Waals surface area (Å²) in [6.07, 6.45) is 5.71. The second-order valence-corrected chi connectivity index (χ2v) is 7.55. The van der Waals surface area contributed by atoms with Crippen molar-refractivity contribution in [2.24, 2.45) is 5.92 Å². The van der Waals surface area contributed by atoms with Crippen LogP contribution in [0.25, 0.3) is 5.82 Å². The maximum absolute atomic E-state index is 5.71. The molecule has 1 aliphatic heterocycles. The molecule has 1 fully saturated rings. The zero-order valence-electron chi connectivity index (χ0n) is 15.5. The van der Waals surface area contributed by atoms with Crippen molar-refractivity contribution in [3.8, 4) is 5.82 Å². The summed E-state index contributed by atoms with van der Waals surface area (Å²) >= 11 is 5.71. The smallest absolute Gasteiger partial charge is 0.170 e. The van der Waals surface area contributed by atoms with Crippen molar-refractivity contribution in [1.29, 1.82) is 0 Å². The maximum atomic E-state index is 5.71. The molecule has 0 saturated carbocycles. The summed E-state index contributed by atoms with van der Waals surface area (Å²) in [5.41, 5.74) is 2.14. The van der Waals surface area contributed by atoms with Crippen LogP contribution >= 0.6 is 12.2 Å². The summed E-state index contributed by atoms with van der Waals surface area (Å²) in [4.78, 5) is 11.4. The Morgan fingerprint density at radius 2 is 1.81 bits per heavy atom. The van der Waals surface area contributed by atoms with E-state index >= 15 is 0 Å². The number of pyridine rings is 2. The molecule has 6 heteroatoms. The third-order valence-corrected chi connectivity index (χ3v) is 5.09. The van der Waals surface area contributed by atoms with Gasteiger partial charge in [0, 0.05) is 30.8 Å². The topological polar surface area (TPSA) is 46.0 Å². The lowest BCUT2D eigenvalue weighted by Gasteiger charge is -2.30. The molecule has 0 bridgehead atoms. The quantitative estimate of drug-likeness (QED) is 0.684. The van der Waals surface area contributed by atoms with E-state index in [1.807, 2.05) is 42.7 Å². The molecule has 4 heterocycles. The lowest BCUT2D eigenvalue weighted by molar-refractivity contribution is 0.280. The Hall–Kier alpha value is -2.73. The van der Waals surface area contributed by atoms with E-state index in [1.165, 1.54) is 0 Å². The van der Waals surface area contributed by atoms with E-state index in [0.717, 1.165) is 28.9 Å². The number of thiocarbonyl (C=S) groups is 1. The molecule has 1 N–H and O–H groups in total. The van der Waals surface area contributed by atoms with Crippen molar-refractivity contribution in [3.63, 3.8) is 0 Å². The highest BCUT2D eigenvalue weighted by Gasteiger charge is 2.41. The van der Waals surface area contributed by atoms with Crippen LogP contribution in [0.4, 0.5) is 0 Å². The number of rotatable bonds is 5. The Kier molecular flexibility index (Phi) is 4.90. The minimum absolute atomic E-state index is 0.00480. The Morgan fingerprint density at radius 3 is 2.48 bits per heavy atom. The largest absolute Gasteiger partial charge is 0.352 e. The van der Waals surface area contributed by atoms with Gasteiger partial charge in [-0.05, 0) is 54.5 Å². The van der Waals surface area contributed by atoms with E-state index in [1.54, 1.807) is 0 Å². The maximum Gasteiger partial charge on any atom is 0.170 e. The van der Waals surface area contributed by atoms with Gasteiger partial charge in [-0.25, -0.2) is 4.98 Å². The van der Waals surface area contributed by atoms with Crippen LogP contribution in [-0.4, -0.2) is 31.1 Å². The molecule has 138 valence electrons. The van der Waals surface area contributed by atoms with E-state index in [-0.39, 0.29) is 12.1 Å². The highest BCUT2D eigenvalue weighted by Crippen LogP contribution is 2.39. The van der Waals surface area contributed by atoms with Crippen LogP contribution in [0.3, 0.4) is 0 Å². The summed E-state index contributed by atoms with van der Waals surface area (Å²) in [5.74, 6) is 1.40. The molecule has 2 atom stereocenters. The first kappa shape index (κ1) is 17.7. The number of hydrogen-bond acceptors (Lipinski definition) is 3. The first-order valence-corrected chi connectivity index (χ1v) is 9.62. The fourth-order valence-electron chi connectivity index (χ4n) is 3.66. The fraction of sp³-hybridized carbons (Fsp3) is 0.286. The SMILES string of the molecule is CC(C)CN1C(=S)N[C@@H](c2ccccn2)[C@H]1c1cccn1-c1ccccn1. The van der Waals surface area contributed by atoms with Gasteiger partial charge in [0.2, 0.25) is 0 Å². The summed E-state index contributed by atoms with van der Waals surface area (Å²) in [6.45, 7) is 5.31. The van der Waals surface area contributed by atoms with Gasteiger partial charge in [0.05, 0.1) is 17.8 Å². The summed E-state index contributed by atoms with van der Waals surface area (Å²) < 4.78 is 2.14. The first-order valence-electron chi connectivity index (χ1n) is 9.22. The molecule has 0 aromatic carbocycles. The van der Waals surface area contributed by atoms with Crippen molar-refractivity contribution in [2.45, 2.75) is 25.9 Å². The normalized spacial score (nSPS) is 19.5. The monoisotopic (exact) mass is 377 g/mol. The third kappa shape index (κ3) is 3.45. The molecule has 3 aromatic rings. The number of nitrogens with zero attached hydrogens (tertiary/aromatic N) is 4. The van der Waals surface area contributed by atoms with Crippen molar-refractivity contribution < 1.29 is 0 Å². The molecule has 1 aliphatic rings. The van der Waals surface area contributed by atoms with Gasteiger partial charge in [0.15, 0.2) is 5.11 Å². The minimum atomic E-state index is -0.00480. The zero-order valence-corrected chi connectivity index (χ0v) is 16.3. The number of hydrogen-bond donors (Lipinski definition) is 1. The summed E-state index contributed by atoms with van der Waals surface area (Å²) in [5, 5.41) is 4.28. The van der Waals surface area contributed by atoms with E-state index in [4.69, 9.17) is 12.2 Å². The third-order valence-electron chi connectivity index (χ3n) is 4.74. The van der Waals surface area contributed by atoms with Gasteiger partial charge in [0.1, 0.15) is 5.82 Å². The van der Waals surface area contributed by atoms with E-state index in [9.17, 15) is 0 Å². The molecule has 27 heavy (non-hydrogen) atoms. The van der Waals surface area contributed by atoms with Gasteiger partial charge in [-0.1, -0.05) is 26.0 Å². The number of nitrogens with one attached hydrogen (secondary N) is 1. The van der Waals surface area contributed by atoms with Crippen LogP contribution in [0.1, 0.15) is 37.3 Å². The van der Waals surface area contributed by atoms with Crippen LogP contribution < -0.4 is 5.32 Å². The molecule has 0 aliphatic carbocycles. The Bertz CT molecular complexity index is 907. The van der Waals surface area contributed by atoms with Crippen LogP contribution in [0, 0.1) is 5.92 Å². The Morgan fingerprint density at radius 1 is 1.04 bits per heavy atom. The fourth-order valence-corrected chi connectivity index (χ4v) is 3.97. The van der Waals surface area contributed by atoms with Crippen LogP contribution in [0.15, 0.2) is 67.1 Å². The van der Waals surface area contributed by atoms with Gasteiger partial charge in [-0.2, -0.15) is 0 Å². The second kappa shape index (κ2) is 7.48. The lowest BCUT2D eigenvalue weighted by atomic mass is 10.0. The molecular formula is C21H23N5S. The van der Waals surface area contributed by atoms with E-state index in [2.05, 4.69) is 63.0 Å². The summed E-state index contributed by atoms with van der Waals surface area (Å²) in [6, 6.07) is 16.2. The number of aromatic nitrogens is 3. The molecule has 0 spiro atoms. The first-order chi connectivity index (χ1) is 13.1. The lowest BCUT2D eigenvalue weighted by Crippen LogP contribution is -2.33. The van der Waals surface area contributed by atoms with Crippen LogP contribution in [0.5, 0.6) is 0 Å². The minimum Gasteiger partial charge on any atom is -0.352 e. The Balaban J connectivity index is 1.81. The molecule has 5 nitrogen and oxygen atoms in total. The van der Waals surface area contributed by atoms with Gasteiger partial charge in [-0.3, -0.25) is 4.98 Å². The molecule has 3 aromatic heterocycles. The standard InChI is InChI=1S/C21H23N5S/c1-15(2)14-26-20(19(24-21(26)27)16-8-3-5-11-22-16)17-9-7-13-25(17)18-10-4-6-12-23-18/h3-13,15,19-20H,14H2,1-2H3,(H,24,27)/t19-,20+/m0/s1. The predicted octanol–water partition coefficient (Wildman–Crippen LogP) is 3.90. The van der Waals surface area contributed by atoms with Crippen LogP contribution in [0.2, 0.25) is 0 Å². The van der Waals surface area contributed by atoms with Crippen molar-refractivity contribution in [2.75, 3.05) is 6.54 Å². The summed E-state index contributed by atoms with van der Waals surface area (Å²) in [7, 11) is 0. The van der Waals surface area contributed by atoms with Crippen LogP contribution in [-0.2, 0) is 0 Å². The molecular weight excluding hydrogens is 354 g/mol. The zero-order chi connectivity index (χ0) is 18.8. The van der Waals surface area contributed by atoms with Crippen molar-refractivity contribution in [3.05, 3.63) is 78.5 Å². The highest BCUT2D eigenvalue weighted by molar-refractivity contribution is 7.80. The van der Waals surface area contributed by atoms with Crippen molar-refractivity contribution in [1.82, 2.24) is 24.8 Å². The molecule has 4 rings (SSSR count). The average Bonchev–Trinajstić information content (AvgIpc) is 3.28. The van der Waals surface area contributed by atoms with Gasteiger partial charge < -0.3 is 14.8 Å². The second-order valence-electron chi connectivity index (χ2n) is 7.16. The van der Waals surface area contributed by atoms with E-state index < -0.39 is 0 Å². The molecule has 0 unspecified atom stereocenters. The van der Waals surface area contributed by atoms with Gasteiger partial charge >= 0.3 is 0 Å². The van der Waals surface area contributed by atoms with Gasteiger partial charge in [0.25, 0.3) is 0 Å². The molecule has 1 saturated heterocycles.